The van der Waals surface area contributed by atoms with Gasteiger partial charge in [0.1, 0.15) is 0 Å². The van der Waals surface area contributed by atoms with Crippen LogP contribution in [0.3, 0.4) is 0 Å². The van der Waals surface area contributed by atoms with Crippen molar-refractivity contribution in [3.63, 3.8) is 0 Å². The van der Waals surface area contributed by atoms with Crippen LogP contribution >= 0.6 is 0 Å². The second-order valence-electron chi connectivity index (χ2n) is 3.84. The monoisotopic (exact) mass is 223 g/mol. The van der Waals surface area contributed by atoms with Crippen LogP contribution < -0.4 is 0 Å². The highest BCUT2D eigenvalue weighted by Gasteiger charge is 2.00. The van der Waals surface area contributed by atoms with E-state index in [4.69, 9.17) is 0 Å². The number of carbonyl (C=O) groups is 1. The zero-order valence-electron chi connectivity index (χ0n) is 9.63. The molecule has 0 aliphatic rings. The zero-order chi connectivity index (χ0) is 12.1. The lowest BCUT2D eigenvalue weighted by Crippen LogP contribution is -1.93. The van der Waals surface area contributed by atoms with Gasteiger partial charge >= 0.3 is 0 Å². The van der Waals surface area contributed by atoms with Crippen LogP contribution in [0.4, 0.5) is 0 Å². The summed E-state index contributed by atoms with van der Waals surface area (Å²) in [5, 5.41) is 0. The quantitative estimate of drug-likeness (QED) is 0.590. The lowest BCUT2D eigenvalue weighted by molar-refractivity contribution is 0.104. The van der Waals surface area contributed by atoms with E-state index in [1.165, 1.54) is 0 Å². The second-order valence-corrected chi connectivity index (χ2v) is 3.84. The fraction of sp³-hybridized carbons (Fsp3) is 0.0667. The first-order valence-corrected chi connectivity index (χ1v) is 5.45. The van der Waals surface area contributed by atoms with Crippen molar-refractivity contribution in [2.24, 2.45) is 0 Å². The maximum absolute atomic E-state index is 11.8. The van der Waals surface area contributed by atoms with E-state index >= 15 is 0 Å². The third-order valence-electron chi connectivity index (χ3n) is 2.47. The van der Waals surface area contributed by atoms with E-state index in [0.717, 1.165) is 11.1 Å². The van der Waals surface area contributed by atoms with Crippen molar-refractivity contribution in [2.45, 2.75) is 6.92 Å². The highest BCUT2D eigenvalue weighted by Crippen LogP contribution is 2.06. The van der Waals surface area contributed by atoms with Gasteiger partial charge in [-0.25, -0.2) is 0 Å². The average molecular weight is 223 g/mol. The molecule has 0 amide bonds. The largest absolute Gasteiger partial charge is 0.289 e. The molecule has 0 fully saturated rings. The molecule has 0 aliphatic heterocycles. The van der Waals surface area contributed by atoms with Crippen LogP contribution in [0.5, 0.6) is 0 Å². The number of nitrogens with zero attached hydrogens (tertiary/aromatic N) is 1. The Morgan fingerprint density at radius 1 is 1.06 bits per heavy atom. The van der Waals surface area contributed by atoms with Gasteiger partial charge in [-0.3, -0.25) is 9.78 Å². The number of hydrogen-bond donors (Lipinski definition) is 0. The molecule has 17 heavy (non-hydrogen) atoms. The molecular weight excluding hydrogens is 210 g/mol. The summed E-state index contributed by atoms with van der Waals surface area (Å²) >= 11 is 0. The molecule has 0 spiro atoms. The van der Waals surface area contributed by atoms with Crippen molar-refractivity contribution < 1.29 is 4.79 Å². The molecule has 2 heteroatoms. The van der Waals surface area contributed by atoms with Gasteiger partial charge in [-0.2, -0.15) is 0 Å². The molecule has 1 heterocycles. The minimum Gasteiger partial charge on any atom is -0.289 e. The predicted molar refractivity (Wildman–Crippen MR) is 68.8 cm³/mol. The molecule has 0 bridgehead atoms. The Labute approximate surface area is 101 Å². The Morgan fingerprint density at radius 2 is 1.71 bits per heavy atom. The van der Waals surface area contributed by atoms with Crippen LogP contribution in [0.15, 0.2) is 54.9 Å². The first-order chi connectivity index (χ1) is 8.25. The second kappa shape index (κ2) is 5.21. The number of carbonyl (C=O) groups excluding carboxylic acids is 1. The van der Waals surface area contributed by atoms with Crippen LogP contribution in [0.1, 0.15) is 21.5 Å². The highest BCUT2D eigenvalue weighted by atomic mass is 16.1. The molecule has 0 radical (unpaired) electrons. The average Bonchev–Trinajstić information content (AvgIpc) is 2.38. The van der Waals surface area contributed by atoms with Gasteiger partial charge in [0, 0.05) is 18.0 Å². The summed E-state index contributed by atoms with van der Waals surface area (Å²) in [6.07, 6.45) is 6.79. The SMILES string of the molecule is Cc1ccc(C(=O)C=Cc2ccncc2)cc1. The highest BCUT2D eigenvalue weighted by molar-refractivity contribution is 6.06. The number of rotatable bonds is 3. The van der Waals surface area contributed by atoms with E-state index in [2.05, 4.69) is 4.98 Å². The zero-order valence-corrected chi connectivity index (χ0v) is 9.63. The molecule has 0 unspecified atom stereocenters. The maximum atomic E-state index is 11.8. The number of aromatic nitrogens is 1. The lowest BCUT2D eigenvalue weighted by Gasteiger charge is -1.96. The Hall–Kier alpha value is -2.22. The Kier molecular flexibility index (Phi) is 3.46. The summed E-state index contributed by atoms with van der Waals surface area (Å²) in [5.41, 5.74) is 2.83. The van der Waals surface area contributed by atoms with Crippen LogP contribution in [0.25, 0.3) is 6.08 Å². The minimum atomic E-state index is 0.0156. The molecule has 2 rings (SSSR count). The van der Waals surface area contributed by atoms with Crippen LogP contribution in [0, 0.1) is 6.92 Å². The van der Waals surface area contributed by atoms with Gasteiger partial charge in [0.15, 0.2) is 5.78 Å². The Bertz CT molecular complexity index is 527. The van der Waals surface area contributed by atoms with Crippen molar-refractivity contribution in [3.8, 4) is 0 Å². The van der Waals surface area contributed by atoms with Crippen molar-refractivity contribution >= 4 is 11.9 Å². The van der Waals surface area contributed by atoms with Gasteiger partial charge in [0.25, 0.3) is 0 Å². The predicted octanol–water partition coefficient (Wildman–Crippen LogP) is 3.29. The number of ketones is 1. The minimum absolute atomic E-state index is 0.0156. The van der Waals surface area contributed by atoms with E-state index in [-0.39, 0.29) is 5.78 Å². The number of aryl methyl sites for hydroxylation is 1. The van der Waals surface area contributed by atoms with Gasteiger partial charge in [-0.05, 0) is 30.7 Å². The van der Waals surface area contributed by atoms with Gasteiger partial charge in [0.2, 0.25) is 0 Å². The molecule has 2 nitrogen and oxygen atoms in total. The Balaban J connectivity index is 2.12. The third-order valence-corrected chi connectivity index (χ3v) is 2.47. The molecular formula is C15H13NO. The van der Waals surface area contributed by atoms with E-state index in [1.54, 1.807) is 24.5 Å². The van der Waals surface area contributed by atoms with Crippen molar-refractivity contribution in [3.05, 3.63) is 71.6 Å². The lowest BCUT2D eigenvalue weighted by atomic mass is 10.1. The van der Waals surface area contributed by atoms with E-state index in [0.29, 0.717) is 5.56 Å². The molecule has 1 aromatic heterocycles. The fourth-order valence-corrected chi connectivity index (χ4v) is 1.46. The maximum Gasteiger partial charge on any atom is 0.185 e. The van der Waals surface area contributed by atoms with Gasteiger partial charge in [0.05, 0.1) is 0 Å². The topological polar surface area (TPSA) is 30.0 Å². The molecule has 84 valence electrons. The van der Waals surface area contributed by atoms with Gasteiger partial charge in [-0.1, -0.05) is 35.9 Å². The van der Waals surface area contributed by atoms with Crippen molar-refractivity contribution in [1.82, 2.24) is 4.98 Å². The molecule has 0 saturated carbocycles. The third kappa shape index (κ3) is 3.11. The number of benzene rings is 1. The summed E-state index contributed by atoms with van der Waals surface area (Å²) in [6, 6.07) is 11.3. The summed E-state index contributed by atoms with van der Waals surface area (Å²) in [5.74, 6) is 0.0156. The van der Waals surface area contributed by atoms with Crippen LogP contribution in [0.2, 0.25) is 0 Å². The van der Waals surface area contributed by atoms with Crippen molar-refractivity contribution in [1.29, 1.82) is 0 Å². The first-order valence-electron chi connectivity index (χ1n) is 5.45. The fourth-order valence-electron chi connectivity index (χ4n) is 1.46. The molecule has 0 aliphatic carbocycles. The van der Waals surface area contributed by atoms with Crippen molar-refractivity contribution in [2.75, 3.05) is 0 Å². The van der Waals surface area contributed by atoms with E-state index in [9.17, 15) is 4.79 Å². The van der Waals surface area contributed by atoms with Crippen LogP contribution in [-0.4, -0.2) is 10.8 Å². The standard InChI is InChI=1S/C15H13NO/c1-12-2-5-14(6-3-12)15(17)7-4-13-8-10-16-11-9-13/h2-11H,1H3. The molecule has 1 aromatic carbocycles. The molecule has 0 atom stereocenters. The number of hydrogen-bond acceptors (Lipinski definition) is 2. The normalized spacial score (nSPS) is 10.6. The molecule has 0 saturated heterocycles. The molecule has 2 aromatic rings. The summed E-state index contributed by atoms with van der Waals surface area (Å²) in [7, 11) is 0. The smallest absolute Gasteiger partial charge is 0.185 e. The Morgan fingerprint density at radius 3 is 2.35 bits per heavy atom. The summed E-state index contributed by atoms with van der Waals surface area (Å²) in [6.45, 7) is 2.00. The molecule has 0 N–H and O–H groups in total. The first kappa shape index (κ1) is 11.3. The van der Waals surface area contributed by atoms with E-state index in [1.807, 2.05) is 43.3 Å². The van der Waals surface area contributed by atoms with Gasteiger partial charge in [-0.15, -0.1) is 0 Å². The van der Waals surface area contributed by atoms with E-state index < -0.39 is 0 Å². The number of pyridine rings is 1. The van der Waals surface area contributed by atoms with Gasteiger partial charge < -0.3 is 0 Å². The summed E-state index contributed by atoms with van der Waals surface area (Å²) in [4.78, 5) is 15.7. The summed E-state index contributed by atoms with van der Waals surface area (Å²) < 4.78 is 0. The number of allylic oxidation sites excluding steroid dienone is 1. The van der Waals surface area contributed by atoms with Crippen LogP contribution in [-0.2, 0) is 0 Å².